The number of halogens is 4. The number of amides is 1. The summed E-state index contributed by atoms with van der Waals surface area (Å²) in [5, 5.41) is 16.6. The SMILES string of the molecule is CCn1cc(-c2cc(Cn3ccsc3=N)cc(C(=O)NC(c3ccc(F)c(C)c3)C3CC3)c2)c(C(F)(F)F)n1. The standard InChI is InChI=1S/C28H27F4N5OS/c1-3-37-15-22(25(35-37)28(30,31)32)20-11-17(14-36-8-9-39-27(36)33)12-21(13-20)26(38)34-24(18-4-5-18)19-6-7-23(29)16(2)10-19/h6-13,15,18,24,33H,3-5,14H2,1-2H3,(H,34,38). The van der Waals surface area contributed by atoms with Crippen molar-refractivity contribution in [3.8, 4) is 11.1 Å². The lowest BCUT2D eigenvalue weighted by molar-refractivity contribution is -0.141. The number of aryl methyl sites for hydroxylation is 2. The number of nitrogens with zero attached hydrogens (tertiary/aromatic N) is 3. The van der Waals surface area contributed by atoms with Crippen LogP contribution in [0.25, 0.3) is 11.1 Å². The summed E-state index contributed by atoms with van der Waals surface area (Å²) < 4.78 is 58.5. The van der Waals surface area contributed by atoms with Crippen molar-refractivity contribution in [3.05, 3.63) is 92.7 Å². The summed E-state index contributed by atoms with van der Waals surface area (Å²) in [5.74, 6) is -0.562. The Hall–Kier alpha value is -3.73. The number of alkyl halides is 3. The zero-order chi connectivity index (χ0) is 27.9. The van der Waals surface area contributed by atoms with Crippen LogP contribution in [0.2, 0.25) is 0 Å². The second-order valence-electron chi connectivity index (χ2n) is 9.80. The van der Waals surface area contributed by atoms with Crippen molar-refractivity contribution in [1.82, 2.24) is 19.7 Å². The van der Waals surface area contributed by atoms with Crippen LogP contribution in [0.4, 0.5) is 17.6 Å². The lowest BCUT2D eigenvalue weighted by Crippen LogP contribution is -2.30. The third-order valence-corrected chi connectivity index (χ3v) is 7.59. The van der Waals surface area contributed by atoms with Gasteiger partial charge in [-0.15, -0.1) is 11.3 Å². The van der Waals surface area contributed by atoms with Crippen LogP contribution >= 0.6 is 11.3 Å². The third-order valence-electron chi connectivity index (χ3n) is 6.88. The molecule has 0 saturated heterocycles. The molecule has 4 aromatic rings. The molecule has 2 aromatic carbocycles. The summed E-state index contributed by atoms with van der Waals surface area (Å²) in [4.78, 5) is 13.9. The Morgan fingerprint density at radius 2 is 2.00 bits per heavy atom. The van der Waals surface area contributed by atoms with Crippen molar-refractivity contribution in [2.75, 3.05) is 0 Å². The highest BCUT2D eigenvalue weighted by molar-refractivity contribution is 7.06. The molecule has 2 heterocycles. The monoisotopic (exact) mass is 557 g/mol. The first-order valence-electron chi connectivity index (χ1n) is 12.6. The van der Waals surface area contributed by atoms with Crippen LogP contribution < -0.4 is 10.1 Å². The molecule has 1 unspecified atom stereocenters. The molecule has 11 heteroatoms. The molecule has 204 valence electrons. The first-order chi connectivity index (χ1) is 18.5. The van der Waals surface area contributed by atoms with Crippen LogP contribution in [0.5, 0.6) is 0 Å². The van der Waals surface area contributed by atoms with Gasteiger partial charge in [0.25, 0.3) is 5.91 Å². The summed E-state index contributed by atoms with van der Waals surface area (Å²) in [6, 6.07) is 9.11. The number of hydrogen-bond acceptors (Lipinski definition) is 4. The molecule has 1 fully saturated rings. The van der Waals surface area contributed by atoms with Crippen LogP contribution in [0, 0.1) is 24.1 Å². The lowest BCUT2D eigenvalue weighted by atomic mass is 9.97. The zero-order valence-electron chi connectivity index (χ0n) is 21.3. The lowest BCUT2D eigenvalue weighted by Gasteiger charge is -2.20. The van der Waals surface area contributed by atoms with Gasteiger partial charge >= 0.3 is 6.18 Å². The topological polar surface area (TPSA) is 75.7 Å². The Kier molecular flexibility index (Phi) is 7.19. The smallest absolute Gasteiger partial charge is 0.345 e. The fourth-order valence-corrected chi connectivity index (χ4v) is 5.29. The van der Waals surface area contributed by atoms with Crippen molar-refractivity contribution < 1.29 is 22.4 Å². The molecule has 0 aliphatic heterocycles. The number of benzene rings is 2. The van der Waals surface area contributed by atoms with Gasteiger partial charge in [-0.3, -0.25) is 14.9 Å². The summed E-state index contributed by atoms with van der Waals surface area (Å²) >= 11 is 1.23. The van der Waals surface area contributed by atoms with Crippen molar-refractivity contribution in [3.63, 3.8) is 0 Å². The van der Waals surface area contributed by atoms with Gasteiger partial charge in [0.15, 0.2) is 10.5 Å². The highest BCUT2D eigenvalue weighted by Gasteiger charge is 2.38. The molecule has 6 nitrogen and oxygen atoms in total. The molecule has 5 rings (SSSR count). The molecular formula is C28H27F4N5OS. The van der Waals surface area contributed by atoms with E-state index >= 15 is 0 Å². The molecule has 1 aliphatic rings. The number of carbonyl (C=O) groups excluding carboxylic acids is 1. The van der Waals surface area contributed by atoms with Gasteiger partial charge in [-0.2, -0.15) is 18.3 Å². The van der Waals surface area contributed by atoms with E-state index in [0.29, 0.717) is 11.1 Å². The molecular weight excluding hydrogens is 530 g/mol. The van der Waals surface area contributed by atoms with E-state index in [4.69, 9.17) is 5.41 Å². The third kappa shape index (κ3) is 5.83. The van der Waals surface area contributed by atoms with E-state index in [1.165, 1.54) is 34.3 Å². The quantitative estimate of drug-likeness (QED) is 0.249. The fraction of sp³-hybridized carbons (Fsp3) is 0.321. The molecule has 2 aromatic heterocycles. The largest absolute Gasteiger partial charge is 0.435 e. The Balaban J connectivity index is 1.56. The summed E-state index contributed by atoms with van der Waals surface area (Å²) in [5.41, 5.74) is 1.12. The molecule has 1 aliphatic carbocycles. The number of rotatable bonds is 8. The molecule has 1 saturated carbocycles. The second-order valence-corrected chi connectivity index (χ2v) is 10.7. The van der Waals surface area contributed by atoms with E-state index in [-0.39, 0.29) is 52.4 Å². The number of hydrogen-bond donors (Lipinski definition) is 2. The van der Waals surface area contributed by atoms with Crippen LogP contribution in [-0.2, 0) is 19.3 Å². The summed E-state index contributed by atoms with van der Waals surface area (Å²) in [7, 11) is 0. The Morgan fingerprint density at radius 1 is 1.23 bits per heavy atom. The average Bonchev–Trinajstić information content (AvgIpc) is 3.50. The first kappa shape index (κ1) is 26.9. The fourth-order valence-electron chi connectivity index (χ4n) is 4.69. The Morgan fingerprint density at radius 3 is 2.62 bits per heavy atom. The van der Waals surface area contributed by atoms with Crippen molar-refractivity contribution in [2.45, 2.75) is 52.0 Å². The maximum atomic E-state index is 13.9. The van der Waals surface area contributed by atoms with Gasteiger partial charge in [0.05, 0.1) is 6.04 Å². The van der Waals surface area contributed by atoms with Gasteiger partial charge in [0.2, 0.25) is 0 Å². The van der Waals surface area contributed by atoms with E-state index in [1.54, 1.807) is 54.3 Å². The van der Waals surface area contributed by atoms with Gasteiger partial charge in [-0.1, -0.05) is 12.1 Å². The van der Waals surface area contributed by atoms with Crippen LogP contribution in [0.15, 0.2) is 54.2 Å². The van der Waals surface area contributed by atoms with Gasteiger partial charge in [-0.25, -0.2) is 4.39 Å². The van der Waals surface area contributed by atoms with E-state index in [0.717, 1.165) is 18.4 Å². The number of nitrogens with one attached hydrogen (secondary N) is 2. The number of aromatic nitrogens is 3. The Bertz CT molecular complexity index is 1580. The normalized spacial score (nSPS) is 14.4. The maximum Gasteiger partial charge on any atom is 0.435 e. The zero-order valence-corrected chi connectivity index (χ0v) is 22.2. The minimum atomic E-state index is -4.68. The predicted molar refractivity (Wildman–Crippen MR) is 140 cm³/mol. The first-order valence-corrected chi connectivity index (χ1v) is 13.5. The van der Waals surface area contributed by atoms with Crippen molar-refractivity contribution in [1.29, 1.82) is 5.41 Å². The molecule has 0 bridgehead atoms. The maximum absolute atomic E-state index is 13.9. The van der Waals surface area contributed by atoms with Gasteiger partial charge in [0, 0.05) is 42.0 Å². The van der Waals surface area contributed by atoms with E-state index < -0.39 is 17.8 Å². The minimum Gasteiger partial charge on any atom is -0.345 e. The van der Waals surface area contributed by atoms with Gasteiger partial charge in [0.1, 0.15) is 5.82 Å². The van der Waals surface area contributed by atoms with Gasteiger partial charge in [-0.05, 0) is 79.1 Å². The minimum absolute atomic E-state index is 0.116. The van der Waals surface area contributed by atoms with Crippen LogP contribution in [0.1, 0.15) is 58.5 Å². The van der Waals surface area contributed by atoms with Crippen molar-refractivity contribution >= 4 is 17.2 Å². The average molecular weight is 558 g/mol. The predicted octanol–water partition coefficient (Wildman–Crippen LogP) is 6.31. The van der Waals surface area contributed by atoms with Crippen LogP contribution in [-0.4, -0.2) is 20.3 Å². The van der Waals surface area contributed by atoms with E-state index in [2.05, 4.69) is 10.4 Å². The summed E-state index contributed by atoms with van der Waals surface area (Å²) in [6.07, 6.45) is 0.209. The molecule has 39 heavy (non-hydrogen) atoms. The highest BCUT2D eigenvalue weighted by Crippen LogP contribution is 2.42. The molecule has 0 spiro atoms. The number of carbonyl (C=O) groups is 1. The molecule has 2 N–H and O–H groups in total. The molecule has 1 atom stereocenters. The van der Waals surface area contributed by atoms with Crippen LogP contribution in [0.3, 0.4) is 0 Å². The summed E-state index contributed by atoms with van der Waals surface area (Å²) in [6.45, 7) is 3.83. The van der Waals surface area contributed by atoms with E-state index in [1.807, 2.05) is 0 Å². The Labute approximate surface area is 226 Å². The van der Waals surface area contributed by atoms with E-state index in [9.17, 15) is 22.4 Å². The number of thiazole rings is 1. The van der Waals surface area contributed by atoms with Crippen molar-refractivity contribution in [2.24, 2.45) is 5.92 Å². The highest BCUT2D eigenvalue weighted by atomic mass is 32.1. The molecule has 0 radical (unpaired) electrons. The molecule has 1 amide bonds. The second kappa shape index (κ2) is 10.4. The van der Waals surface area contributed by atoms with Gasteiger partial charge < -0.3 is 9.88 Å².